The van der Waals surface area contributed by atoms with Gasteiger partial charge in [-0.25, -0.2) is 0 Å². The summed E-state index contributed by atoms with van der Waals surface area (Å²) in [5.74, 6) is 1.42. The number of nitro groups is 1. The first-order valence-corrected chi connectivity index (χ1v) is 9.39. The molecule has 4 rings (SSSR count). The van der Waals surface area contributed by atoms with E-state index >= 15 is 0 Å². The van der Waals surface area contributed by atoms with Crippen molar-refractivity contribution in [2.24, 2.45) is 5.92 Å². The Bertz CT molecular complexity index is 903. The predicted octanol–water partition coefficient (Wildman–Crippen LogP) is 5.55. The minimum atomic E-state index is -0.291. The summed E-state index contributed by atoms with van der Waals surface area (Å²) < 4.78 is 5.52. The van der Waals surface area contributed by atoms with Crippen molar-refractivity contribution < 1.29 is 9.66 Å². The van der Waals surface area contributed by atoms with E-state index in [0.717, 1.165) is 17.7 Å². The standard InChI is InChI=1S/C22H24N2O3/c1-13(2)14-7-9-15(10-8-14)21-17-6-4-5-16(17)20-18(24(25)26)11-12-19(27-3)22(20)23-21/h4-5,7-13,16-17,21,23H,6H2,1-3H3. The van der Waals surface area contributed by atoms with E-state index in [0.29, 0.717) is 11.7 Å². The molecule has 1 N–H and O–H groups in total. The van der Waals surface area contributed by atoms with Gasteiger partial charge in [0.15, 0.2) is 0 Å². The Hall–Kier alpha value is -2.82. The molecule has 0 radical (unpaired) electrons. The van der Waals surface area contributed by atoms with Gasteiger partial charge in [0, 0.05) is 12.0 Å². The molecular formula is C22H24N2O3. The Kier molecular flexibility index (Phi) is 4.38. The lowest BCUT2D eigenvalue weighted by atomic mass is 9.76. The first-order chi connectivity index (χ1) is 13.0. The lowest BCUT2D eigenvalue weighted by Crippen LogP contribution is -2.30. The molecule has 0 amide bonds. The van der Waals surface area contributed by atoms with Crippen molar-refractivity contribution in [3.8, 4) is 5.75 Å². The van der Waals surface area contributed by atoms with Gasteiger partial charge in [-0.1, -0.05) is 50.3 Å². The molecule has 0 saturated carbocycles. The van der Waals surface area contributed by atoms with Crippen LogP contribution in [0.25, 0.3) is 0 Å². The fourth-order valence-corrected chi connectivity index (χ4v) is 4.41. The quantitative estimate of drug-likeness (QED) is 0.439. The summed E-state index contributed by atoms with van der Waals surface area (Å²) in [5.41, 5.74) is 4.17. The Balaban J connectivity index is 1.81. The third-order valence-corrected chi connectivity index (χ3v) is 5.84. The Morgan fingerprint density at radius 3 is 2.56 bits per heavy atom. The van der Waals surface area contributed by atoms with Crippen LogP contribution in [-0.4, -0.2) is 12.0 Å². The molecule has 1 aliphatic heterocycles. The summed E-state index contributed by atoms with van der Waals surface area (Å²) in [7, 11) is 1.60. The monoisotopic (exact) mass is 364 g/mol. The summed E-state index contributed by atoms with van der Waals surface area (Å²) in [4.78, 5) is 11.3. The number of nitrogens with one attached hydrogen (secondary N) is 1. The van der Waals surface area contributed by atoms with Gasteiger partial charge in [-0.15, -0.1) is 0 Å². The van der Waals surface area contributed by atoms with E-state index in [4.69, 9.17) is 4.74 Å². The second-order valence-corrected chi connectivity index (χ2v) is 7.63. The molecule has 0 spiro atoms. The van der Waals surface area contributed by atoms with Crippen LogP contribution in [0.1, 0.15) is 54.8 Å². The Labute approximate surface area is 159 Å². The van der Waals surface area contributed by atoms with Crippen molar-refractivity contribution in [3.63, 3.8) is 0 Å². The molecule has 3 unspecified atom stereocenters. The third-order valence-electron chi connectivity index (χ3n) is 5.84. The second kappa shape index (κ2) is 6.72. The van der Waals surface area contributed by atoms with E-state index < -0.39 is 0 Å². The van der Waals surface area contributed by atoms with Gasteiger partial charge in [0.1, 0.15) is 5.75 Å². The highest BCUT2D eigenvalue weighted by molar-refractivity contribution is 5.73. The molecule has 0 saturated heterocycles. The number of ether oxygens (including phenoxy) is 1. The number of allylic oxidation sites excluding steroid dienone is 2. The minimum Gasteiger partial charge on any atom is -0.495 e. The topological polar surface area (TPSA) is 64.4 Å². The maximum absolute atomic E-state index is 11.6. The summed E-state index contributed by atoms with van der Waals surface area (Å²) in [6, 6.07) is 12.0. The highest BCUT2D eigenvalue weighted by Gasteiger charge is 2.42. The number of hydrogen-bond donors (Lipinski definition) is 1. The summed E-state index contributed by atoms with van der Waals surface area (Å²) in [5, 5.41) is 15.2. The number of benzene rings is 2. The zero-order valence-electron chi connectivity index (χ0n) is 15.8. The van der Waals surface area contributed by atoms with Crippen molar-refractivity contribution in [1.82, 2.24) is 0 Å². The first kappa shape index (κ1) is 17.6. The average Bonchev–Trinajstić information content (AvgIpc) is 3.16. The molecule has 5 nitrogen and oxygen atoms in total. The fraction of sp³-hybridized carbons (Fsp3) is 0.364. The van der Waals surface area contributed by atoms with E-state index in [1.54, 1.807) is 19.2 Å². The molecule has 1 aliphatic carbocycles. The van der Waals surface area contributed by atoms with Crippen LogP contribution in [0.4, 0.5) is 11.4 Å². The predicted molar refractivity (Wildman–Crippen MR) is 107 cm³/mol. The van der Waals surface area contributed by atoms with Crippen LogP contribution in [-0.2, 0) is 0 Å². The molecule has 2 aromatic carbocycles. The molecule has 140 valence electrons. The van der Waals surface area contributed by atoms with Gasteiger partial charge in [-0.05, 0) is 35.4 Å². The average molecular weight is 364 g/mol. The van der Waals surface area contributed by atoms with Crippen molar-refractivity contribution >= 4 is 11.4 Å². The van der Waals surface area contributed by atoms with E-state index in [-0.39, 0.29) is 28.5 Å². The lowest BCUT2D eigenvalue weighted by Gasteiger charge is -2.37. The largest absolute Gasteiger partial charge is 0.495 e. The molecular weight excluding hydrogens is 340 g/mol. The van der Waals surface area contributed by atoms with E-state index in [1.165, 1.54) is 11.1 Å². The normalized spacial score (nSPS) is 22.9. The highest BCUT2D eigenvalue weighted by atomic mass is 16.6. The van der Waals surface area contributed by atoms with Crippen molar-refractivity contribution in [2.75, 3.05) is 12.4 Å². The fourth-order valence-electron chi connectivity index (χ4n) is 4.41. The van der Waals surface area contributed by atoms with Gasteiger partial charge in [0.2, 0.25) is 0 Å². The second-order valence-electron chi connectivity index (χ2n) is 7.63. The number of nitrogens with zero attached hydrogens (tertiary/aromatic N) is 1. The smallest absolute Gasteiger partial charge is 0.275 e. The SMILES string of the molecule is COc1ccc([N+](=O)[O-])c2c1NC(c1ccc(C(C)C)cc1)C1CC=CC21. The molecule has 0 aromatic heterocycles. The minimum absolute atomic E-state index is 0.0199. The highest BCUT2D eigenvalue weighted by Crippen LogP contribution is 2.54. The number of methoxy groups -OCH3 is 1. The summed E-state index contributed by atoms with van der Waals surface area (Å²) in [6.07, 6.45) is 5.17. The molecule has 27 heavy (non-hydrogen) atoms. The van der Waals surface area contributed by atoms with Crippen LogP contribution in [0.3, 0.4) is 0 Å². The van der Waals surface area contributed by atoms with Crippen LogP contribution < -0.4 is 10.1 Å². The molecule has 2 aliphatic rings. The van der Waals surface area contributed by atoms with E-state index in [2.05, 4.69) is 55.6 Å². The van der Waals surface area contributed by atoms with Crippen molar-refractivity contribution in [1.29, 1.82) is 0 Å². The molecule has 3 atom stereocenters. The van der Waals surface area contributed by atoms with Gasteiger partial charge in [-0.3, -0.25) is 10.1 Å². The van der Waals surface area contributed by atoms with Gasteiger partial charge >= 0.3 is 0 Å². The number of nitro benzene ring substituents is 1. The summed E-state index contributed by atoms with van der Waals surface area (Å²) in [6.45, 7) is 4.37. The van der Waals surface area contributed by atoms with Crippen LogP contribution >= 0.6 is 0 Å². The number of anilines is 1. The van der Waals surface area contributed by atoms with E-state index in [1.807, 2.05) is 0 Å². The van der Waals surface area contributed by atoms with Gasteiger partial charge in [-0.2, -0.15) is 0 Å². The third kappa shape index (κ3) is 2.87. The van der Waals surface area contributed by atoms with Crippen LogP contribution in [0.2, 0.25) is 0 Å². The summed E-state index contributed by atoms with van der Waals surface area (Å²) >= 11 is 0. The van der Waals surface area contributed by atoms with Crippen LogP contribution in [0, 0.1) is 16.0 Å². The number of hydrogen-bond acceptors (Lipinski definition) is 4. The molecule has 0 bridgehead atoms. The van der Waals surface area contributed by atoms with Gasteiger partial charge < -0.3 is 10.1 Å². The Morgan fingerprint density at radius 2 is 1.93 bits per heavy atom. The molecule has 5 heteroatoms. The number of fused-ring (bicyclic) bond motifs is 3. The molecule has 1 heterocycles. The maximum atomic E-state index is 11.6. The van der Waals surface area contributed by atoms with Gasteiger partial charge in [0.05, 0.1) is 29.3 Å². The molecule has 2 aromatic rings. The number of rotatable bonds is 4. The maximum Gasteiger partial charge on any atom is 0.275 e. The van der Waals surface area contributed by atoms with Gasteiger partial charge in [0.25, 0.3) is 5.69 Å². The molecule has 0 fully saturated rings. The van der Waals surface area contributed by atoms with Crippen LogP contribution in [0.15, 0.2) is 48.6 Å². The first-order valence-electron chi connectivity index (χ1n) is 9.39. The van der Waals surface area contributed by atoms with Crippen molar-refractivity contribution in [3.05, 3.63) is 75.4 Å². The lowest BCUT2D eigenvalue weighted by molar-refractivity contribution is -0.385. The zero-order chi connectivity index (χ0) is 19.1. The van der Waals surface area contributed by atoms with Crippen molar-refractivity contribution in [2.45, 2.75) is 38.1 Å². The Morgan fingerprint density at radius 1 is 1.19 bits per heavy atom. The zero-order valence-corrected chi connectivity index (χ0v) is 15.8. The van der Waals surface area contributed by atoms with Crippen LogP contribution in [0.5, 0.6) is 5.75 Å². The van der Waals surface area contributed by atoms with E-state index in [9.17, 15) is 10.1 Å².